The number of benzene rings is 1. The Balaban J connectivity index is 2.33. The number of nitrogens with one attached hydrogen (secondary N) is 2. The molecule has 0 fully saturated rings. The van der Waals surface area contributed by atoms with Gasteiger partial charge in [0, 0.05) is 12.4 Å². The van der Waals surface area contributed by atoms with Crippen LogP contribution in [0.25, 0.3) is 0 Å². The summed E-state index contributed by atoms with van der Waals surface area (Å²) in [5.41, 5.74) is 0.498. The van der Waals surface area contributed by atoms with Gasteiger partial charge in [-0.15, -0.1) is 0 Å². The number of rotatable bonds is 6. The molecule has 21 heavy (non-hydrogen) atoms. The van der Waals surface area contributed by atoms with Crippen LogP contribution in [-0.2, 0) is 23.0 Å². The van der Waals surface area contributed by atoms with E-state index in [0.717, 1.165) is 0 Å². The van der Waals surface area contributed by atoms with Crippen LogP contribution in [0.5, 0.6) is 0 Å². The molecule has 0 atom stereocenters. The molecule has 0 bridgehead atoms. The van der Waals surface area contributed by atoms with E-state index in [1.54, 1.807) is 13.1 Å². The lowest BCUT2D eigenvalue weighted by molar-refractivity contribution is 0.0696. The zero-order chi connectivity index (χ0) is 15.5. The first-order valence-corrected chi connectivity index (χ1v) is 7.76. The van der Waals surface area contributed by atoms with Crippen LogP contribution in [0.2, 0.25) is 0 Å². The molecular weight excluding hydrogens is 294 g/mol. The number of carboxylic acids is 1. The van der Waals surface area contributed by atoms with E-state index >= 15 is 0 Å². The first-order chi connectivity index (χ1) is 9.94. The SMILES string of the molecule is CCc1ccc(C(=O)O)cc1S(=O)(=O)NCc1ncc[nH]1. The predicted octanol–water partition coefficient (Wildman–Crippen LogP) is 1.15. The zero-order valence-electron chi connectivity index (χ0n) is 11.3. The van der Waals surface area contributed by atoms with Crippen molar-refractivity contribution < 1.29 is 18.3 Å². The average Bonchev–Trinajstić information content (AvgIpc) is 2.98. The van der Waals surface area contributed by atoms with Gasteiger partial charge in [-0.2, -0.15) is 0 Å². The lowest BCUT2D eigenvalue weighted by Crippen LogP contribution is -2.25. The molecule has 3 N–H and O–H groups in total. The number of aromatic amines is 1. The minimum Gasteiger partial charge on any atom is -0.478 e. The average molecular weight is 309 g/mol. The molecule has 0 aliphatic carbocycles. The number of H-pyrrole nitrogens is 1. The predicted molar refractivity (Wildman–Crippen MR) is 75.4 cm³/mol. The number of aryl methyl sites for hydroxylation is 1. The second-order valence-electron chi connectivity index (χ2n) is 4.34. The summed E-state index contributed by atoms with van der Waals surface area (Å²) in [6, 6.07) is 4.09. The molecular formula is C13H15N3O4S. The third-order valence-corrected chi connectivity index (χ3v) is 4.45. The maximum Gasteiger partial charge on any atom is 0.335 e. The number of hydrogen-bond donors (Lipinski definition) is 3. The van der Waals surface area contributed by atoms with E-state index in [9.17, 15) is 13.2 Å². The van der Waals surface area contributed by atoms with Crippen molar-refractivity contribution in [3.8, 4) is 0 Å². The van der Waals surface area contributed by atoms with Crippen molar-refractivity contribution in [1.29, 1.82) is 0 Å². The molecule has 0 amide bonds. The van der Waals surface area contributed by atoms with Crippen molar-refractivity contribution in [3.63, 3.8) is 0 Å². The summed E-state index contributed by atoms with van der Waals surface area (Å²) in [5.74, 6) is -0.689. The van der Waals surface area contributed by atoms with E-state index in [2.05, 4.69) is 14.7 Å². The summed E-state index contributed by atoms with van der Waals surface area (Å²) in [7, 11) is -3.81. The number of sulfonamides is 1. The molecule has 1 aromatic carbocycles. The largest absolute Gasteiger partial charge is 0.478 e. The molecule has 0 aliphatic rings. The van der Waals surface area contributed by atoms with Crippen LogP contribution in [0.3, 0.4) is 0 Å². The van der Waals surface area contributed by atoms with Gasteiger partial charge in [0.1, 0.15) is 5.82 Å². The standard InChI is InChI=1S/C13H15N3O4S/c1-2-9-3-4-10(13(17)18)7-11(9)21(19,20)16-8-12-14-5-6-15-12/h3-7,16H,2,8H2,1H3,(H,14,15)(H,17,18). The molecule has 1 heterocycles. The number of carboxylic acid groups (broad SMARTS) is 1. The highest BCUT2D eigenvalue weighted by Gasteiger charge is 2.20. The van der Waals surface area contributed by atoms with Crippen LogP contribution in [-0.4, -0.2) is 29.5 Å². The Bertz CT molecular complexity index is 739. The van der Waals surface area contributed by atoms with E-state index in [4.69, 9.17) is 5.11 Å². The molecule has 8 heteroatoms. The van der Waals surface area contributed by atoms with Gasteiger partial charge < -0.3 is 10.1 Å². The van der Waals surface area contributed by atoms with Crippen molar-refractivity contribution in [2.75, 3.05) is 0 Å². The first-order valence-electron chi connectivity index (χ1n) is 6.28. The number of imidazole rings is 1. The van der Waals surface area contributed by atoms with Gasteiger partial charge in [0.05, 0.1) is 17.0 Å². The van der Waals surface area contributed by atoms with Crippen molar-refractivity contribution in [2.45, 2.75) is 24.8 Å². The number of aromatic nitrogens is 2. The second-order valence-corrected chi connectivity index (χ2v) is 6.08. The highest BCUT2D eigenvalue weighted by molar-refractivity contribution is 7.89. The van der Waals surface area contributed by atoms with Crippen LogP contribution in [0, 0.1) is 0 Å². The molecule has 0 unspecified atom stereocenters. The minimum absolute atomic E-state index is 0.00971. The number of nitrogens with zero attached hydrogens (tertiary/aromatic N) is 1. The molecule has 0 saturated heterocycles. The van der Waals surface area contributed by atoms with Gasteiger partial charge in [-0.25, -0.2) is 22.9 Å². The van der Waals surface area contributed by atoms with Gasteiger partial charge in [0.25, 0.3) is 0 Å². The fourth-order valence-corrected chi connectivity index (χ4v) is 3.19. The number of carbonyl (C=O) groups is 1. The maximum absolute atomic E-state index is 12.3. The highest BCUT2D eigenvalue weighted by Crippen LogP contribution is 2.19. The smallest absolute Gasteiger partial charge is 0.335 e. The monoisotopic (exact) mass is 309 g/mol. The van der Waals surface area contributed by atoms with Gasteiger partial charge >= 0.3 is 5.97 Å². The highest BCUT2D eigenvalue weighted by atomic mass is 32.2. The summed E-state index contributed by atoms with van der Waals surface area (Å²) < 4.78 is 27.1. The van der Waals surface area contributed by atoms with Crippen LogP contribution in [0.1, 0.15) is 28.7 Å². The first kappa shape index (κ1) is 15.2. The number of hydrogen-bond acceptors (Lipinski definition) is 4. The topological polar surface area (TPSA) is 112 Å². The van der Waals surface area contributed by atoms with Crippen LogP contribution < -0.4 is 4.72 Å². The van der Waals surface area contributed by atoms with Crippen LogP contribution >= 0.6 is 0 Å². The molecule has 112 valence electrons. The Morgan fingerprint density at radius 1 is 1.43 bits per heavy atom. The van der Waals surface area contributed by atoms with E-state index in [-0.39, 0.29) is 17.0 Å². The number of aromatic carboxylic acids is 1. The maximum atomic E-state index is 12.3. The Morgan fingerprint density at radius 3 is 2.76 bits per heavy atom. The fourth-order valence-electron chi connectivity index (χ4n) is 1.87. The Hall–Kier alpha value is -2.19. The molecule has 2 rings (SSSR count). The van der Waals surface area contributed by atoms with Crippen LogP contribution in [0.15, 0.2) is 35.5 Å². The molecule has 2 aromatic rings. The van der Waals surface area contributed by atoms with Crippen molar-refractivity contribution >= 4 is 16.0 Å². The van der Waals surface area contributed by atoms with Crippen molar-refractivity contribution in [2.24, 2.45) is 0 Å². The molecule has 0 saturated carbocycles. The normalized spacial score (nSPS) is 11.5. The lowest BCUT2D eigenvalue weighted by Gasteiger charge is -2.10. The van der Waals surface area contributed by atoms with Crippen molar-refractivity contribution in [1.82, 2.24) is 14.7 Å². The van der Waals surface area contributed by atoms with E-state index in [1.165, 1.54) is 24.4 Å². The summed E-state index contributed by atoms with van der Waals surface area (Å²) in [6.45, 7) is 1.82. The quantitative estimate of drug-likeness (QED) is 0.741. The minimum atomic E-state index is -3.81. The summed E-state index contributed by atoms with van der Waals surface area (Å²) in [4.78, 5) is 17.7. The molecule has 0 spiro atoms. The third-order valence-electron chi connectivity index (χ3n) is 2.97. The Labute approximate surface area is 122 Å². The Morgan fingerprint density at radius 2 is 2.19 bits per heavy atom. The zero-order valence-corrected chi connectivity index (χ0v) is 12.1. The molecule has 0 aliphatic heterocycles. The van der Waals surface area contributed by atoms with Gasteiger partial charge in [0.2, 0.25) is 10.0 Å². The fraction of sp³-hybridized carbons (Fsp3) is 0.231. The van der Waals surface area contributed by atoms with Gasteiger partial charge in [0.15, 0.2) is 0 Å². The molecule has 7 nitrogen and oxygen atoms in total. The van der Waals surface area contributed by atoms with Gasteiger partial charge in [-0.1, -0.05) is 13.0 Å². The van der Waals surface area contributed by atoms with E-state index < -0.39 is 16.0 Å². The summed E-state index contributed by atoms with van der Waals surface area (Å²) in [6.07, 6.45) is 3.59. The Kier molecular flexibility index (Phi) is 4.39. The van der Waals surface area contributed by atoms with E-state index in [0.29, 0.717) is 17.8 Å². The van der Waals surface area contributed by atoms with E-state index in [1.807, 2.05) is 0 Å². The summed E-state index contributed by atoms with van der Waals surface area (Å²) >= 11 is 0. The lowest BCUT2D eigenvalue weighted by atomic mass is 10.1. The second kappa shape index (κ2) is 6.06. The molecule has 1 aromatic heterocycles. The molecule has 0 radical (unpaired) electrons. The van der Waals surface area contributed by atoms with Crippen molar-refractivity contribution in [3.05, 3.63) is 47.5 Å². The van der Waals surface area contributed by atoms with Crippen LogP contribution in [0.4, 0.5) is 0 Å². The van der Waals surface area contributed by atoms with Gasteiger partial charge in [-0.3, -0.25) is 0 Å². The summed E-state index contributed by atoms with van der Waals surface area (Å²) in [5, 5.41) is 8.99. The van der Waals surface area contributed by atoms with Gasteiger partial charge in [-0.05, 0) is 24.1 Å². The third kappa shape index (κ3) is 3.47.